The standard InChI is InChI=1S/C11H15NO3S/c1-9-4-6-10(7-5-9)16(14,15)12-8-2-3-11(12)13/h4-7,11,13H,2-3,8H2,1H3/t11-/m0/s1. The van der Waals surface area contributed by atoms with E-state index in [9.17, 15) is 13.5 Å². The van der Waals surface area contributed by atoms with Crippen molar-refractivity contribution in [2.75, 3.05) is 6.54 Å². The van der Waals surface area contributed by atoms with Crippen molar-refractivity contribution < 1.29 is 13.5 Å². The van der Waals surface area contributed by atoms with E-state index in [-0.39, 0.29) is 4.90 Å². The minimum absolute atomic E-state index is 0.249. The third-order valence-corrected chi connectivity index (χ3v) is 4.71. The van der Waals surface area contributed by atoms with Gasteiger partial charge in [-0.1, -0.05) is 17.7 Å². The highest BCUT2D eigenvalue weighted by atomic mass is 32.2. The van der Waals surface area contributed by atoms with E-state index < -0.39 is 16.3 Å². The Balaban J connectivity index is 2.35. The van der Waals surface area contributed by atoms with Gasteiger partial charge in [0.1, 0.15) is 6.23 Å². The molecule has 0 aromatic heterocycles. The fraction of sp³-hybridized carbons (Fsp3) is 0.455. The van der Waals surface area contributed by atoms with E-state index in [4.69, 9.17) is 0 Å². The van der Waals surface area contributed by atoms with Crippen LogP contribution in [0.25, 0.3) is 0 Å². The zero-order valence-electron chi connectivity index (χ0n) is 9.13. The first-order valence-electron chi connectivity index (χ1n) is 5.28. The molecule has 0 unspecified atom stereocenters. The second-order valence-corrected chi connectivity index (χ2v) is 5.94. The monoisotopic (exact) mass is 241 g/mol. The highest BCUT2D eigenvalue weighted by molar-refractivity contribution is 7.89. The van der Waals surface area contributed by atoms with E-state index in [2.05, 4.69) is 0 Å². The zero-order chi connectivity index (χ0) is 11.8. The summed E-state index contributed by atoms with van der Waals surface area (Å²) in [5.74, 6) is 0. The van der Waals surface area contributed by atoms with Gasteiger partial charge < -0.3 is 5.11 Å². The number of hydrogen-bond acceptors (Lipinski definition) is 3. The molecule has 1 saturated heterocycles. The van der Waals surface area contributed by atoms with Gasteiger partial charge in [-0.15, -0.1) is 0 Å². The summed E-state index contributed by atoms with van der Waals surface area (Å²) in [6.45, 7) is 2.30. The number of benzene rings is 1. The van der Waals surface area contributed by atoms with Crippen LogP contribution in [0.2, 0.25) is 0 Å². The van der Waals surface area contributed by atoms with Gasteiger partial charge in [0.05, 0.1) is 4.90 Å². The molecule has 1 atom stereocenters. The maximum Gasteiger partial charge on any atom is 0.245 e. The predicted octanol–water partition coefficient (Wildman–Crippen LogP) is 1.10. The van der Waals surface area contributed by atoms with Crippen molar-refractivity contribution in [2.45, 2.75) is 30.9 Å². The summed E-state index contributed by atoms with van der Waals surface area (Å²) in [4.78, 5) is 0.249. The Morgan fingerprint density at radius 1 is 1.31 bits per heavy atom. The van der Waals surface area contributed by atoms with Gasteiger partial charge >= 0.3 is 0 Å². The van der Waals surface area contributed by atoms with E-state index in [0.29, 0.717) is 19.4 Å². The molecule has 0 aliphatic carbocycles. The van der Waals surface area contributed by atoms with Crippen LogP contribution in [0.1, 0.15) is 18.4 Å². The topological polar surface area (TPSA) is 57.6 Å². The summed E-state index contributed by atoms with van der Waals surface area (Å²) in [5, 5.41) is 9.59. The van der Waals surface area contributed by atoms with Crippen LogP contribution in [-0.2, 0) is 10.0 Å². The van der Waals surface area contributed by atoms with Gasteiger partial charge in [0.2, 0.25) is 10.0 Å². The molecule has 0 saturated carbocycles. The van der Waals surface area contributed by atoms with Crippen LogP contribution >= 0.6 is 0 Å². The first kappa shape index (κ1) is 11.6. The summed E-state index contributed by atoms with van der Waals surface area (Å²) in [5.41, 5.74) is 1.01. The van der Waals surface area contributed by atoms with Gasteiger partial charge in [-0.2, -0.15) is 4.31 Å². The van der Waals surface area contributed by atoms with Crippen molar-refractivity contribution in [3.63, 3.8) is 0 Å². The molecule has 0 radical (unpaired) electrons. The van der Waals surface area contributed by atoms with Crippen molar-refractivity contribution in [3.8, 4) is 0 Å². The summed E-state index contributed by atoms with van der Waals surface area (Å²) in [6.07, 6.45) is 0.364. The largest absolute Gasteiger partial charge is 0.377 e. The van der Waals surface area contributed by atoms with Crippen LogP contribution in [0, 0.1) is 6.92 Å². The van der Waals surface area contributed by atoms with Crippen LogP contribution in [0.15, 0.2) is 29.2 Å². The molecule has 1 aromatic carbocycles. The molecule has 2 rings (SSSR count). The summed E-state index contributed by atoms with van der Waals surface area (Å²) >= 11 is 0. The Kier molecular flexibility index (Phi) is 3.01. The average molecular weight is 241 g/mol. The number of aliphatic hydroxyl groups excluding tert-OH is 1. The Bertz CT molecular complexity index is 467. The van der Waals surface area contributed by atoms with Gasteiger partial charge in [-0.3, -0.25) is 0 Å². The lowest BCUT2D eigenvalue weighted by molar-refractivity contribution is 0.0949. The molecule has 0 spiro atoms. The molecule has 0 amide bonds. The Hall–Kier alpha value is -0.910. The number of nitrogens with zero attached hydrogens (tertiary/aromatic N) is 1. The van der Waals surface area contributed by atoms with E-state index in [1.54, 1.807) is 24.3 Å². The third kappa shape index (κ3) is 1.98. The van der Waals surface area contributed by atoms with Crippen molar-refractivity contribution in [1.82, 2.24) is 4.31 Å². The summed E-state index contributed by atoms with van der Waals surface area (Å²) < 4.78 is 25.4. The number of aryl methyl sites for hydroxylation is 1. The first-order chi connectivity index (χ1) is 7.51. The van der Waals surface area contributed by atoms with E-state index in [1.165, 1.54) is 0 Å². The highest BCUT2D eigenvalue weighted by Gasteiger charge is 2.33. The van der Waals surface area contributed by atoms with Crippen LogP contribution in [0.4, 0.5) is 0 Å². The quantitative estimate of drug-likeness (QED) is 0.843. The predicted molar refractivity (Wildman–Crippen MR) is 60.3 cm³/mol. The van der Waals surface area contributed by atoms with Gasteiger partial charge in [0, 0.05) is 6.54 Å². The highest BCUT2D eigenvalue weighted by Crippen LogP contribution is 2.24. The summed E-state index contributed by atoms with van der Waals surface area (Å²) in [6, 6.07) is 6.68. The first-order valence-corrected chi connectivity index (χ1v) is 6.72. The molecule has 0 bridgehead atoms. The van der Waals surface area contributed by atoms with E-state index >= 15 is 0 Å². The van der Waals surface area contributed by atoms with Crippen LogP contribution in [0.5, 0.6) is 0 Å². The smallest absolute Gasteiger partial charge is 0.245 e. The lowest BCUT2D eigenvalue weighted by Crippen LogP contribution is -2.35. The molecule has 5 heteroatoms. The van der Waals surface area contributed by atoms with Crippen molar-refractivity contribution in [1.29, 1.82) is 0 Å². The van der Waals surface area contributed by atoms with Crippen LogP contribution in [-0.4, -0.2) is 30.6 Å². The van der Waals surface area contributed by atoms with E-state index in [1.807, 2.05) is 6.92 Å². The summed E-state index contributed by atoms with van der Waals surface area (Å²) in [7, 11) is -3.52. The average Bonchev–Trinajstić information content (AvgIpc) is 2.66. The molecule has 1 N–H and O–H groups in total. The lowest BCUT2D eigenvalue weighted by atomic mass is 10.2. The normalized spacial score (nSPS) is 22.5. The number of sulfonamides is 1. The fourth-order valence-corrected chi connectivity index (χ4v) is 3.39. The fourth-order valence-electron chi connectivity index (χ4n) is 1.85. The molecule has 16 heavy (non-hydrogen) atoms. The molecule has 1 fully saturated rings. The molecule has 4 nitrogen and oxygen atoms in total. The molecule has 1 aliphatic rings. The molecule has 1 aromatic rings. The van der Waals surface area contributed by atoms with Crippen molar-refractivity contribution >= 4 is 10.0 Å². The molecule has 1 aliphatic heterocycles. The van der Waals surface area contributed by atoms with Gasteiger partial charge in [-0.05, 0) is 31.9 Å². The second-order valence-electron chi connectivity index (χ2n) is 4.05. The van der Waals surface area contributed by atoms with Gasteiger partial charge in [0.25, 0.3) is 0 Å². The van der Waals surface area contributed by atoms with Crippen LogP contribution < -0.4 is 0 Å². The number of aliphatic hydroxyl groups is 1. The second kappa shape index (κ2) is 4.16. The maximum atomic E-state index is 12.1. The molecular formula is C11H15NO3S. The maximum absolute atomic E-state index is 12.1. The van der Waals surface area contributed by atoms with E-state index in [0.717, 1.165) is 9.87 Å². The SMILES string of the molecule is Cc1ccc(S(=O)(=O)N2CCC[C@@H]2O)cc1. The Labute approximate surface area is 95.6 Å². The molecule has 88 valence electrons. The zero-order valence-corrected chi connectivity index (χ0v) is 9.94. The minimum Gasteiger partial charge on any atom is -0.377 e. The molecule has 1 heterocycles. The molecular weight excluding hydrogens is 226 g/mol. The van der Waals surface area contributed by atoms with Gasteiger partial charge in [-0.25, -0.2) is 8.42 Å². The minimum atomic E-state index is -3.52. The third-order valence-electron chi connectivity index (χ3n) is 2.80. The number of hydrogen-bond donors (Lipinski definition) is 1. The van der Waals surface area contributed by atoms with Gasteiger partial charge in [0.15, 0.2) is 0 Å². The Morgan fingerprint density at radius 2 is 1.94 bits per heavy atom. The van der Waals surface area contributed by atoms with Crippen molar-refractivity contribution in [3.05, 3.63) is 29.8 Å². The van der Waals surface area contributed by atoms with Crippen molar-refractivity contribution in [2.24, 2.45) is 0 Å². The Morgan fingerprint density at radius 3 is 2.44 bits per heavy atom. The number of rotatable bonds is 2. The van der Waals surface area contributed by atoms with Crippen LogP contribution in [0.3, 0.4) is 0 Å². The lowest BCUT2D eigenvalue weighted by Gasteiger charge is -2.19.